The standard InChI is InChI=1S/C21H21N9O/c1-30(14-9-3-2-4-10-14)21-27-17(26-20(22)28-21)18-25-19(31-29-18)16-15(11-6-12-23-16)24-13-7-5-8-13/h2-4,6,9-13,24H,5,7-8H2,1H3,(H2,22,26,27,28). The van der Waals surface area contributed by atoms with Crippen LogP contribution in [0.3, 0.4) is 0 Å². The van der Waals surface area contributed by atoms with Gasteiger partial charge in [0.05, 0.1) is 5.69 Å². The van der Waals surface area contributed by atoms with Crippen molar-refractivity contribution in [2.45, 2.75) is 25.3 Å². The summed E-state index contributed by atoms with van der Waals surface area (Å²) < 4.78 is 5.49. The van der Waals surface area contributed by atoms with E-state index >= 15 is 0 Å². The third-order valence-corrected chi connectivity index (χ3v) is 5.19. The van der Waals surface area contributed by atoms with Crippen LogP contribution in [-0.4, -0.2) is 43.2 Å². The van der Waals surface area contributed by atoms with E-state index in [1.54, 1.807) is 6.20 Å². The van der Waals surface area contributed by atoms with Gasteiger partial charge in [0.25, 0.3) is 5.89 Å². The van der Waals surface area contributed by atoms with Gasteiger partial charge in [0.15, 0.2) is 5.69 Å². The Balaban J connectivity index is 1.46. The molecule has 10 nitrogen and oxygen atoms in total. The lowest BCUT2D eigenvalue weighted by Gasteiger charge is -2.27. The second kappa shape index (κ2) is 7.98. The van der Waals surface area contributed by atoms with Crippen LogP contribution in [0.1, 0.15) is 19.3 Å². The van der Waals surface area contributed by atoms with E-state index in [-0.39, 0.29) is 23.5 Å². The maximum Gasteiger partial charge on any atom is 0.279 e. The van der Waals surface area contributed by atoms with E-state index in [1.165, 1.54) is 6.42 Å². The minimum atomic E-state index is 0.0688. The Morgan fingerprint density at radius 2 is 1.84 bits per heavy atom. The van der Waals surface area contributed by atoms with E-state index in [4.69, 9.17) is 10.3 Å². The van der Waals surface area contributed by atoms with Crippen LogP contribution in [0.4, 0.5) is 23.3 Å². The topological polar surface area (TPSA) is 132 Å². The fourth-order valence-electron chi connectivity index (χ4n) is 3.27. The molecule has 0 amide bonds. The number of hydrogen-bond donors (Lipinski definition) is 2. The van der Waals surface area contributed by atoms with Crippen molar-refractivity contribution in [2.75, 3.05) is 23.0 Å². The van der Waals surface area contributed by atoms with Crippen molar-refractivity contribution in [3.63, 3.8) is 0 Å². The van der Waals surface area contributed by atoms with Crippen LogP contribution >= 0.6 is 0 Å². The highest BCUT2D eigenvalue weighted by atomic mass is 16.5. The number of nitrogen functional groups attached to an aromatic ring is 1. The lowest BCUT2D eigenvalue weighted by atomic mass is 9.93. The smallest absolute Gasteiger partial charge is 0.279 e. The molecule has 0 aliphatic heterocycles. The summed E-state index contributed by atoms with van der Waals surface area (Å²) in [5.41, 5.74) is 8.30. The highest BCUT2D eigenvalue weighted by molar-refractivity contribution is 5.69. The van der Waals surface area contributed by atoms with Crippen LogP contribution in [0.15, 0.2) is 53.2 Å². The predicted molar refractivity (Wildman–Crippen MR) is 117 cm³/mol. The van der Waals surface area contributed by atoms with Crippen molar-refractivity contribution in [1.82, 2.24) is 30.1 Å². The maximum atomic E-state index is 5.93. The number of hydrogen-bond acceptors (Lipinski definition) is 10. The SMILES string of the molecule is CN(c1ccccc1)c1nc(N)nc(-c2noc(-c3ncccc3NC3CCC3)n2)n1. The summed E-state index contributed by atoms with van der Waals surface area (Å²) in [6.45, 7) is 0. The first-order chi connectivity index (χ1) is 15.2. The number of aromatic nitrogens is 6. The van der Waals surface area contributed by atoms with Gasteiger partial charge < -0.3 is 20.5 Å². The molecule has 10 heteroatoms. The summed E-state index contributed by atoms with van der Waals surface area (Å²) in [6.07, 6.45) is 5.22. The molecule has 0 radical (unpaired) electrons. The molecule has 1 fully saturated rings. The first kappa shape index (κ1) is 18.9. The lowest BCUT2D eigenvalue weighted by molar-refractivity contribution is 0.429. The van der Waals surface area contributed by atoms with Crippen LogP contribution in [0.2, 0.25) is 0 Å². The number of nitrogens with two attached hydrogens (primary N) is 1. The Kier molecular flexibility index (Phi) is 4.87. The average Bonchev–Trinajstić information content (AvgIpc) is 3.26. The number of benzene rings is 1. The summed E-state index contributed by atoms with van der Waals surface area (Å²) in [6, 6.07) is 14.0. The molecule has 0 atom stereocenters. The fraction of sp³-hybridized carbons (Fsp3) is 0.238. The zero-order chi connectivity index (χ0) is 21.2. The van der Waals surface area contributed by atoms with E-state index in [0.717, 1.165) is 24.2 Å². The monoisotopic (exact) mass is 415 g/mol. The second-order valence-electron chi connectivity index (χ2n) is 7.31. The summed E-state index contributed by atoms with van der Waals surface area (Å²) in [5.74, 6) is 1.18. The molecule has 1 aromatic carbocycles. The molecular formula is C21H21N9O. The Bertz CT molecular complexity index is 1190. The van der Waals surface area contributed by atoms with E-state index in [9.17, 15) is 0 Å². The van der Waals surface area contributed by atoms with Gasteiger partial charge in [0.1, 0.15) is 0 Å². The molecule has 5 rings (SSSR count). The zero-order valence-corrected chi connectivity index (χ0v) is 16.9. The number of para-hydroxylation sites is 1. The number of nitrogens with one attached hydrogen (secondary N) is 1. The molecule has 3 N–H and O–H groups in total. The lowest BCUT2D eigenvalue weighted by Crippen LogP contribution is -2.27. The first-order valence-electron chi connectivity index (χ1n) is 10.0. The van der Waals surface area contributed by atoms with E-state index in [0.29, 0.717) is 17.7 Å². The van der Waals surface area contributed by atoms with Gasteiger partial charge >= 0.3 is 0 Å². The summed E-state index contributed by atoms with van der Waals surface area (Å²) in [4.78, 5) is 23.6. The van der Waals surface area contributed by atoms with E-state index < -0.39 is 0 Å². The van der Waals surface area contributed by atoms with Gasteiger partial charge in [0, 0.05) is 25.0 Å². The highest BCUT2D eigenvalue weighted by Crippen LogP contribution is 2.30. The molecule has 3 heterocycles. The second-order valence-corrected chi connectivity index (χ2v) is 7.31. The van der Waals surface area contributed by atoms with Crippen molar-refractivity contribution >= 4 is 23.3 Å². The molecule has 1 aliphatic carbocycles. The quantitative estimate of drug-likeness (QED) is 0.483. The third kappa shape index (κ3) is 3.87. The van der Waals surface area contributed by atoms with Crippen molar-refractivity contribution < 1.29 is 4.52 Å². The molecule has 4 aromatic rings. The number of anilines is 4. The number of nitrogens with zero attached hydrogens (tertiary/aromatic N) is 7. The van der Waals surface area contributed by atoms with Crippen LogP contribution in [-0.2, 0) is 0 Å². The van der Waals surface area contributed by atoms with Gasteiger partial charge in [-0.25, -0.2) is 4.98 Å². The molecule has 1 saturated carbocycles. The highest BCUT2D eigenvalue weighted by Gasteiger charge is 2.22. The molecule has 0 unspecified atom stereocenters. The van der Waals surface area contributed by atoms with Crippen LogP contribution in [0.25, 0.3) is 23.2 Å². The number of pyridine rings is 1. The largest absolute Gasteiger partial charge is 0.380 e. The van der Waals surface area contributed by atoms with Crippen molar-refractivity contribution in [3.8, 4) is 23.2 Å². The van der Waals surface area contributed by atoms with Gasteiger partial charge in [-0.05, 0) is 43.5 Å². The average molecular weight is 415 g/mol. The van der Waals surface area contributed by atoms with Crippen molar-refractivity contribution in [2.24, 2.45) is 0 Å². The molecule has 1 aliphatic rings. The molecule has 3 aromatic heterocycles. The van der Waals surface area contributed by atoms with Crippen LogP contribution < -0.4 is 16.0 Å². The van der Waals surface area contributed by atoms with Crippen molar-refractivity contribution in [1.29, 1.82) is 0 Å². The van der Waals surface area contributed by atoms with Gasteiger partial charge in [-0.2, -0.15) is 19.9 Å². The fourth-order valence-corrected chi connectivity index (χ4v) is 3.27. The minimum Gasteiger partial charge on any atom is -0.380 e. The Hall–Kier alpha value is -4.08. The third-order valence-electron chi connectivity index (χ3n) is 5.19. The van der Waals surface area contributed by atoms with E-state index in [1.807, 2.05) is 54.4 Å². The summed E-state index contributed by atoms with van der Waals surface area (Å²) in [7, 11) is 1.85. The molecule has 0 bridgehead atoms. The zero-order valence-electron chi connectivity index (χ0n) is 16.9. The Morgan fingerprint density at radius 1 is 1.00 bits per heavy atom. The molecular weight excluding hydrogens is 394 g/mol. The van der Waals surface area contributed by atoms with Crippen LogP contribution in [0, 0.1) is 0 Å². The minimum absolute atomic E-state index is 0.0688. The van der Waals surface area contributed by atoms with Crippen LogP contribution in [0.5, 0.6) is 0 Å². The van der Waals surface area contributed by atoms with Gasteiger partial charge in [-0.3, -0.25) is 0 Å². The van der Waals surface area contributed by atoms with Gasteiger partial charge in [-0.15, -0.1) is 0 Å². The molecule has 0 spiro atoms. The molecule has 0 saturated heterocycles. The molecule has 156 valence electrons. The normalized spacial score (nSPS) is 13.6. The van der Waals surface area contributed by atoms with Gasteiger partial charge in [-0.1, -0.05) is 23.4 Å². The summed E-state index contributed by atoms with van der Waals surface area (Å²) >= 11 is 0. The van der Waals surface area contributed by atoms with E-state index in [2.05, 4.69) is 35.4 Å². The predicted octanol–water partition coefficient (Wildman–Crippen LogP) is 3.30. The number of rotatable bonds is 6. The van der Waals surface area contributed by atoms with Gasteiger partial charge in [0.2, 0.25) is 23.5 Å². The first-order valence-corrected chi connectivity index (χ1v) is 10.0. The summed E-state index contributed by atoms with van der Waals surface area (Å²) in [5, 5.41) is 7.54. The molecule has 31 heavy (non-hydrogen) atoms. The Morgan fingerprint density at radius 3 is 2.61 bits per heavy atom. The Labute approximate surface area is 178 Å². The maximum absolute atomic E-state index is 5.93. The van der Waals surface area contributed by atoms with Crippen molar-refractivity contribution in [3.05, 3.63) is 48.7 Å².